The molecule has 0 saturated carbocycles. The zero-order chi connectivity index (χ0) is 12.4. The van der Waals surface area contributed by atoms with Crippen LogP contribution >= 0.6 is 0 Å². The maximum absolute atomic E-state index is 10.9. The molecule has 0 bridgehead atoms. The molecule has 2 rings (SSSR count). The summed E-state index contributed by atoms with van der Waals surface area (Å²) < 4.78 is 10.6. The van der Waals surface area contributed by atoms with Crippen molar-refractivity contribution >= 4 is 6.72 Å². The van der Waals surface area contributed by atoms with Gasteiger partial charge in [-0.2, -0.15) is 10.4 Å². The minimum Gasteiger partial charge on any atom is -0.748 e. The Morgan fingerprint density at radius 1 is 1.18 bits per heavy atom. The minimum atomic E-state index is -0.618. The molecule has 10 heteroatoms. The zero-order valence-corrected chi connectivity index (χ0v) is 8.80. The van der Waals surface area contributed by atoms with Gasteiger partial charge in [-0.25, -0.2) is 5.34 Å². The number of nitrogens with two attached hydrogens (primary N) is 1. The lowest BCUT2D eigenvalue weighted by molar-refractivity contribution is -0.198. The van der Waals surface area contributed by atoms with Crippen LogP contribution in [0.2, 0.25) is 0 Å². The zero-order valence-electron chi connectivity index (χ0n) is 8.80. The van der Waals surface area contributed by atoms with Gasteiger partial charge in [0.1, 0.15) is 24.4 Å². The number of fused-ring (bicyclic) bond motifs is 1. The van der Waals surface area contributed by atoms with Crippen molar-refractivity contribution in [2.45, 2.75) is 24.4 Å². The fourth-order valence-electron chi connectivity index (χ4n) is 1.89. The van der Waals surface area contributed by atoms with Crippen molar-refractivity contribution in [1.82, 2.24) is 10.7 Å². The largest absolute Gasteiger partial charge is 0.748 e. The predicted octanol–water partition coefficient (Wildman–Crippen LogP) is -1.53. The molecular formula is C7H12N4O6-2. The normalized spacial score (nSPS) is 36.2. The molecule has 98 valence electrons. The quantitative estimate of drug-likeness (QED) is 0.350. The van der Waals surface area contributed by atoms with E-state index in [0.717, 1.165) is 0 Å². The molecule has 17 heavy (non-hydrogen) atoms. The first-order valence-electron chi connectivity index (χ1n) is 4.84. The van der Waals surface area contributed by atoms with Crippen LogP contribution in [0.25, 0.3) is 0 Å². The van der Waals surface area contributed by atoms with E-state index in [4.69, 9.17) is 25.0 Å². The lowest BCUT2D eigenvalue weighted by Gasteiger charge is -2.27. The highest BCUT2D eigenvalue weighted by molar-refractivity contribution is 5.22. The van der Waals surface area contributed by atoms with Gasteiger partial charge in [-0.05, 0) is 0 Å². The molecular weight excluding hydrogens is 236 g/mol. The molecule has 0 aliphatic carbocycles. The third-order valence-electron chi connectivity index (χ3n) is 2.54. The molecule has 0 radical (unpaired) electrons. The molecule has 2 fully saturated rings. The van der Waals surface area contributed by atoms with Crippen LogP contribution in [0.3, 0.4) is 0 Å². The van der Waals surface area contributed by atoms with Gasteiger partial charge in [0.2, 0.25) is 0 Å². The Balaban J connectivity index is 1.90. The number of hydrogen-bond donors (Lipinski definition) is 1. The summed E-state index contributed by atoms with van der Waals surface area (Å²) in [6.45, 7) is 3.27. The average molecular weight is 248 g/mol. The van der Waals surface area contributed by atoms with Gasteiger partial charge in [0.15, 0.2) is 0 Å². The van der Waals surface area contributed by atoms with Crippen LogP contribution in [-0.2, 0) is 19.1 Å². The van der Waals surface area contributed by atoms with E-state index in [1.54, 1.807) is 0 Å². The van der Waals surface area contributed by atoms with E-state index in [0.29, 0.717) is 0 Å². The van der Waals surface area contributed by atoms with E-state index in [2.05, 4.69) is 11.8 Å². The van der Waals surface area contributed by atoms with Crippen LogP contribution < -0.4 is 5.84 Å². The summed E-state index contributed by atoms with van der Waals surface area (Å²) in [6.07, 6.45) is -2.24. The second-order valence-electron chi connectivity index (χ2n) is 3.55. The average Bonchev–Trinajstić information content (AvgIpc) is 2.83. The molecule has 2 N–H and O–H groups in total. The Morgan fingerprint density at radius 3 is 2.18 bits per heavy atom. The molecule has 0 aromatic carbocycles. The molecule has 4 unspecified atom stereocenters. The van der Waals surface area contributed by atoms with Crippen LogP contribution in [0.1, 0.15) is 0 Å². The van der Waals surface area contributed by atoms with Crippen molar-refractivity contribution in [3.8, 4) is 0 Å². The van der Waals surface area contributed by atoms with Gasteiger partial charge in [0.25, 0.3) is 0 Å². The summed E-state index contributed by atoms with van der Waals surface area (Å²) in [6, 6.07) is 0. The van der Waals surface area contributed by atoms with Crippen molar-refractivity contribution in [3.05, 3.63) is 10.4 Å². The predicted molar refractivity (Wildman–Crippen MR) is 53.4 cm³/mol. The topological polar surface area (TPSA) is 128 Å². The van der Waals surface area contributed by atoms with E-state index in [-0.39, 0.29) is 23.9 Å². The van der Waals surface area contributed by atoms with Crippen molar-refractivity contribution in [2.75, 3.05) is 13.2 Å². The van der Waals surface area contributed by atoms with Crippen molar-refractivity contribution in [3.63, 3.8) is 0 Å². The summed E-state index contributed by atoms with van der Waals surface area (Å²) in [4.78, 5) is 9.57. The van der Waals surface area contributed by atoms with Gasteiger partial charge < -0.3 is 19.9 Å². The standard InChI is InChI=1S/C7H12N4O6/c1-9-11(13)17-5-3-15-6-4(16-10(8)12)2-14-7(5)6/h4-7H,1-3,8H2/q-2. The maximum Gasteiger partial charge on any atom is 0.138 e. The van der Waals surface area contributed by atoms with Gasteiger partial charge >= 0.3 is 0 Å². The van der Waals surface area contributed by atoms with Gasteiger partial charge in [-0.1, -0.05) is 0 Å². The van der Waals surface area contributed by atoms with E-state index in [1.165, 1.54) is 0 Å². The summed E-state index contributed by atoms with van der Waals surface area (Å²) in [5.41, 5.74) is 0. The Kier molecular flexibility index (Phi) is 3.86. The van der Waals surface area contributed by atoms with Crippen LogP contribution in [-0.4, -0.2) is 55.0 Å². The third kappa shape index (κ3) is 2.70. The van der Waals surface area contributed by atoms with Gasteiger partial charge in [-0.15, -0.1) is 0 Å². The lowest BCUT2D eigenvalue weighted by atomic mass is 10.1. The number of rotatable bonds is 5. The van der Waals surface area contributed by atoms with Gasteiger partial charge in [-0.3, -0.25) is 15.5 Å². The van der Waals surface area contributed by atoms with Crippen LogP contribution in [0.4, 0.5) is 0 Å². The lowest BCUT2D eigenvalue weighted by Crippen LogP contribution is -2.39. The van der Waals surface area contributed by atoms with Gasteiger partial charge in [0.05, 0.1) is 13.2 Å². The van der Waals surface area contributed by atoms with Crippen LogP contribution in [0, 0.1) is 10.4 Å². The molecule has 0 amide bonds. The number of ether oxygens (including phenoxy) is 2. The number of hydrazone groups is 1. The molecule has 2 heterocycles. The Hall–Kier alpha value is -0.850. The fraction of sp³-hybridized carbons (Fsp3) is 0.857. The first-order chi connectivity index (χ1) is 8.11. The Bertz CT molecular complexity index is 279. The molecule has 2 aliphatic heterocycles. The third-order valence-corrected chi connectivity index (χ3v) is 2.54. The van der Waals surface area contributed by atoms with Crippen LogP contribution in [0.5, 0.6) is 0 Å². The maximum atomic E-state index is 10.9. The smallest absolute Gasteiger partial charge is 0.138 e. The minimum absolute atomic E-state index is 0.0171. The summed E-state index contributed by atoms with van der Waals surface area (Å²) in [5, 5.41) is 24.3. The summed E-state index contributed by atoms with van der Waals surface area (Å²) in [5.74, 6) is 4.82. The highest BCUT2D eigenvalue weighted by Crippen LogP contribution is 2.30. The number of hydrogen-bond acceptors (Lipinski definition) is 10. The summed E-state index contributed by atoms with van der Waals surface area (Å²) in [7, 11) is 0. The van der Waals surface area contributed by atoms with E-state index >= 15 is 0 Å². The fourth-order valence-corrected chi connectivity index (χ4v) is 1.89. The highest BCUT2D eigenvalue weighted by atomic mass is 16.9. The molecule has 10 nitrogen and oxygen atoms in total. The second-order valence-corrected chi connectivity index (χ2v) is 3.55. The molecule has 0 aromatic heterocycles. The molecule has 4 atom stereocenters. The monoisotopic (exact) mass is 248 g/mol. The van der Waals surface area contributed by atoms with Crippen molar-refractivity contribution < 1.29 is 19.1 Å². The summed E-state index contributed by atoms with van der Waals surface area (Å²) >= 11 is 0. The van der Waals surface area contributed by atoms with E-state index in [1.807, 2.05) is 0 Å². The Labute approximate surface area is 96.5 Å². The molecule has 2 aliphatic rings. The Morgan fingerprint density at radius 2 is 1.71 bits per heavy atom. The van der Waals surface area contributed by atoms with E-state index < -0.39 is 24.4 Å². The van der Waals surface area contributed by atoms with E-state index in [9.17, 15) is 10.4 Å². The first-order valence-corrected chi connectivity index (χ1v) is 4.84. The SMILES string of the molecule is C=NN([O-])OC1COC2C(ON(N)[O-])COC12. The molecule has 0 aromatic rings. The highest BCUT2D eigenvalue weighted by Gasteiger charge is 2.49. The molecule has 2 saturated heterocycles. The number of hydrazine groups is 1. The second kappa shape index (κ2) is 5.20. The van der Waals surface area contributed by atoms with Crippen molar-refractivity contribution in [1.29, 1.82) is 0 Å². The van der Waals surface area contributed by atoms with Crippen molar-refractivity contribution in [2.24, 2.45) is 10.9 Å². The first kappa shape index (κ1) is 12.6. The van der Waals surface area contributed by atoms with Crippen LogP contribution in [0.15, 0.2) is 5.10 Å². The number of nitrogens with zero attached hydrogens (tertiary/aromatic N) is 3. The molecule has 0 spiro atoms. The van der Waals surface area contributed by atoms with Gasteiger partial charge in [0, 0.05) is 6.72 Å².